The highest BCUT2D eigenvalue weighted by Crippen LogP contribution is 2.18. The summed E-state index contributed by atoms with van der Waals surface area (Å²) in [4.78, 5) is 22.1. The number of carbonyl (C=O) groups is 1. The van der Waals surface area contributed by atoms with Crippen LogP contribution in [0.3, 0.4) is 0 Å². The number of carbonyl (C=O) groups excluding carboxylic acids is 1. The summed E-state index contributed by atoms with van der Waals surface area (Å²) in [6.45, 7) is 2.14. The fraction of sp³-hybridized carbons (Fsp3) is 0.312. The van der Waals surface area contributed by atoms with Gasteiger partial charge in [-0.2, -0.15) is 0 Å². The molecule has 2 rings (SSSR count). The van der Waals surface area contributed by atoms with Gasteiger partial charge in [0.2, 0.25) is 11.0 Å². The maximum absolute atomic E-state index is 11.9. The first-order chi connectivity index (χ1) is 11.6. The Bertz CT molecular complexity index is 742. The second-order valence-electron chi connectivity index (χ2n) is 5.13. The maximum atomic E-state index is 11.9. The van der Waals surface area contributed by atoms with Crippen LogP contribution in [-0.2, 0) is 11.2 Å². The van der Waals surface area contributed by atoms with Crippen molar-refractivity contribution in [3.05, 3.63) is 51.0 Å². The van der Waals surface area contributed by atoms with Gasteiger partial charge in [-0.15, -0.1) is 10.2 Å². The standard InChI is InChI=1S/C16H18N4O3S/c1-2-3-4-8-15-18-19-16(24-15)17-14(21)10-9-12-6-5-7-13(11-12)20(22)23/h5-7,9-11H,2-4,8H2,1H3,(H,17,19,21)/b10-9+. The minimum Gasteiger partial charge on any atom is -0.297 e. The number of nitrogens with one attached hydrogen (secondary N) is 1. The summed E-state index contributed by atoms with van der Waals surface area (Å²) in [5.41, 5.74) is 0.565. The molecule has 0 saturated carbocycles. The molecule has 8 heteroatoms. The first-order valence-corrected chi connectivity index (χ1v) is 8.46. The Balaban J connectivity index is 1.91. The molecule has 0 atom stereocenters. The van der Waals surface area contributed by atoms with Crippen LogP contribution < -0.4 is 5.32 Å². The van der Waals surface area contributed by atoms with E-state index in [9.17, 15) is 14.9 Å². The lowest BCUT2D eigenvalue weighted by Crippen LogP contribution is -2.07. The molecule has 1 heterocycles. The zero-order valence-corrected chi connectivity index (χ0v) is 14.1. The van der Waals surface area contributed by atoms with Gasteiger partial charge >= 0.3 is 0 Å². The molecule has 0 unspecified atom stereocenters. The van der Waals surface area contributed by atoms with Gasteiger partial charge < -0.3 is 0 Å². The van der Waals surface area contributed by atoms with E-state index in [2.05, 4.69) is 22.4 Å². The Morgan fingerprint density at radius 3 is 2.96 bits per heavy atom. The average molecular weight is 346 g/mol. The molecule has 0 spiro atoms. The number of rotatable bonds is 8. The largest absolute Gasteiger partial charge is 0.297 e. The molecule has 126 valence electrons. The van der Waals surface area contributed by atoms with Crippen molar-refractivity contribution in [3.8, 4) is 0 Å². The van der Waals surface area contributed by atoms with Crippen LogP contribution >= 0.6 is 11.3 Å². The Morgan fingerprint density at radius 2 is 2.21 bits per heavy atom. The van der Waals surface area contributed by atoms with E-state index in [1.54, 1.807) is 12.1 Å². The highest BCUT2D eigenvalue weighted by Gasteiger charge is 2.07. The molecule has 1 aromatic heterocycles. The predicted molar refractivity (Wildman–Crippen MR) is 93.9 cm³/mol. The van der Waals surface area contributed by atoms with Crippen LogP contribution in [-0.4, -0.2) is 21.0 Å². The lowest BCUT2D eigenvalue weighted by molar-refractivity contribution is -0.384. The number of unbranched alkanes of at least 4 members (excludes halogenated alkanes) is 2. The van der Waals surface area contributed by atoms with Gasteiger partial charge in [-0.25, -0.2) is 0 Å². The van der Waals surface area contributed by atoms with Gasteiger partial charge in [0, 0.05) is 24.6 Å². The first-order valence-electron chi connectivity index (χ1n) is 7.64. The van der Waals surface area contributed by atoms with Crippen LogP contribution in [0.15, 0.2) is 30.3 Å². The molecule has 1 N–H and O–H groups in total. The lowest BCUT2D eigenvalue weighted by Gasteiger charge is -1.96. The van der Waals surface area contributed by atoms with Gasteiger partial charge in [-0.05, 0) is 18.1 Å². The molecular weight excluding hydrogens is 328 g/mol. The molecule has 0 fully saturated rings. The number of hydrogen-bond acceptors (Lipinski definition) is 6. The lowest BCUT2D eigenvalue weighted by atomic mass is 10.2. The van der Waals surface area contributed by atoms with E-state index in [-0.39, 0.29) is 11.6 Å². The predicted octanol–water partition coefficient (Wildman–Crippen LogP) is 3.83. The normalized spacial score (nSPS) is 10.9. The molecule has 24 heavy (non-hydrogen) atoms. The molecule has 0 aliphatic carbocycles. The van der Waals surface area contributed by atoms with Crippen LogP contribution in [0, 0.1) is 10.1 Å². The third kappa shape index (κ3) is 5.54. The van der Waals surface area contributed by atoms with Crippen LogP contribution in [0.25, 0.3) is 6.08 Å². The zero-order chi connectivity index (χ0) is 17.4. The quantitative estimate of drug-likeness (QED) is 0.339. The van der Waals surface area contributed by atoms with Crippen molar-refractivity contribution >= 4 is 34.1 Å². The summed E-state index contributed by atoms with van der Waals surface area (Å²) in [6.07, 6.45) is 7.05. The second-order valence-corrected chi connectivity index (χ2v) is 6.19. The van der Waals surface area contributed by atoms with Crippen LogP contribution in [0.1, 0.15) is 36.8 Å². The maximum Gasteiger partial charge on any atom is 0.270 e. The Morgan fingerprint density at radius 1 is 1.38 bits per heavy atom. The van der Waals surface area contributed by atoms with Crippen molar-refractivity contribution in [1.29, 1.82) is 0 Å². The molecule has 2 aromatic rings. The van der Waals surface area contributed by atoms with Crippen molar-refractivity contribution in [2.75, 3.05) is 5.32 Å². The van der Waals surface area contributed by atoms with Crippen molar-refractivity contribution in [3.63, 3.8) is 0 Å². The molecule has 0 aliphatic rings. The highest BCUT2D eigenvalue weighted by molar-refractivity contribution is 7.15. The molecule has 1 aromatic carbocycles. The van der Waals surface area contributed by atoms with E-state index >= 15 is 0 Å². The number of hydrogen-bond donors (Lipinski definition) is 1. The van der Waals surface area contributed by atoms with Gasteiger partial charge in [0.1, 0.15) is 5.01 Å². The van der Waals surface area contributed by atoms with Gasteiger partial charge in [-0.3, -0.25) is 20.2 Å². The summed E-state index contributed by atoms with van der Waals surface area (Å²) < 4.78 is 0. The number of non-ortho nitro benzene ring substituents is 1. The molecule has 0 bridgehead atoms. The van der Waals surface area contributed by atoms with Gasteiger partial charge in [-0.1, -0.05) is 43.2 Å². The molecule has 0 saturated heterocycles. The third-order valence-corrected chi connectivity index (χ3v) is 4.10. The first kappa shape index (κ1) is 17.7. The number of nitrogens with zero attached hydrogens (tertiary/aromatic N) is 3. The second kappa shape index (κ2) is 8.88. The summed E-state index contributed by atoms with van der Waals surface area (Å²) in [5, 5.41) is 22.7. The van der Waals surface area contributed by atoms with Crippen molar-refractivity contribution in [2.45, 2.75) is 32.6 Å². The molecular formula is C16H18N4O3S. The minimum absolute atomic E-state index is 0.0154. The average Bonchev–Trinajstić information content (AvgIpc) is 3.01. The number of aromatic nitrogens is 2. The Hall–Kier alpha value is -2.61. The smallest absolute Gasteiger partial charge is 0.270 e. The van der Waals surface area contributed by atoms with Crippen molar-refractivity contribution in [2.24, 2.45) is 0 Å². The fourth-order valence-corrected chi connectivity index (χ4v) is 2.78. The van der Waals surface area contributed by atoms with Gasteiger partial charge in [0.15, 0.2) is 0 Å². The van der Waals surface area contributed by atoms with E-state index in [1.165, 1.54) is 35.6 Å². The van der Waals surface area contributed by atoms with E-state index in [0.717, 1.165) is 30.7 Å². The van der Waals surface area contributed by atoms with Crippen molar-refractivity contribution < 1.29 is 9.72 Å². The Kier molecular flexibility index (Phi) is 6.56. The molecule has 0 radical (unpaired) electrons. The van der Waals surface area contributed by atoms with Crippen molar-refractivity contribution in [1.82, 2.24) is 10.2 Å². The molecule has 7 nitrogen and oxygen atoms in total. The monoisotopic (exact) mass is 346 g/mol. The van der Waals surface area contributed by atoms with E-state index in [4.69, 9.17) is 0 Å². The summed E-state index contributed by atoms with van der Waals surface area (Å²) in [6, 6.07) is 6.07. The number of amides is 1. The number of benzene rings is 1. The van der Waals surface area contributed by atoms with Crippen LogP contribution in [0.2, 0.25) is 0 Å². The van der Waals surface area contributed by atoms with E-state index in [1.807, 2.05) is 0 Å². The van der Waals surface area contributed by atoms with Gasteiger partial charge in [0.05, 0.1) is 4.92 Å². The topological polar surface area (TPSA) is 98.0 Å². The zero-order valence-electron chi connectivity index (χ0n) is 13.3. The number of nitro groups is 1. The summed E-state index contributed by atoms with van der Waals surface area (Å²) >= 11 is 1.36. The molecule has 1 amide bonds. The number of anilines is 1. The number of aryl methyl sites for hydroxylation is 1. The van der Waals surface area contributed by atoms with Crippen LogP contribution in [0.4, 0.5) is 10.8 Å². The SMILES string of the molecule is CCCCCc1nnc(NC(=O)/C=C/c2cccc([N+](=O)[O-])c2)s1. The number of nitro benzene ring substituents is 1. The molecule has 0 aliphatic heterocycles. The van der Waals surface area contributed by atoms with E-state index in [0.29, 0.717) is 10.7 Å². The minimum atomic E-state index is -0.473. The Labute approximate surface area is 143 Å². The fourth-order valence-electron chi connectivity index (χ4n) is 1.99. The summed E-state index contributed by atoms with van der Waals surface area (Å²) in [5.74, 6) is -0.349. The van der Waals surface area contributed by atoms with E-state index < -0.39 is 4.92 Å². The van der Waals surface area contributed by atoms with Gasteiger partial charge in [0.25, 0.3) is 5.69 Å². The van der Waals surface area contributed by atoms with Crippen LogP contribution in [0.5, 0.6) is 0 Å². The summed E-state index contributed by atoms with van der Waals surface area (Å²) in [7, 11) is 0. The third-order valence-electron chi connectivity index (χ3n) is 3.20. The highest BCUT2D eigenvalue weighted by atomic mass is 32.1.